The van der Waals surface area contributed by atoms with Crippen LogP contribution in [0.25, 0.3) is 11.0 Å². The van der Waals surface area contributed by atoms with E-state index in [9.17, 15) is 4.79 Å². The zero-order chi connectivity index (χ0) is 22.4. The van der Waals surface area contributed by atoms with Gasteiger partial charge in [0.1, 0.15) is 17.4 Å². The average Bonchev–Trinajstić information content (AvgIpc) is 2.77. The molecule has 178 valence electrons. The normalized spacial score (nSPS) is 14.5. The van der Waals surface area contributed by atoms with Crippen LogP contribution in [0.1, 0.15) is 30.5 Å². The van der Waals surface area contributed by atoms with Crippen LogP contribution in [0, 0.1) is 6.92 Å². The minimum atomic E-state index is -0.324. The molecule has 1 aromatic carbocycles. The van der Waals surface area contributed by atoms with E-state index in [4.69, 9.17) is 25.5 Å². The summed E-state index contributed by atoms with van der Waals surface area (Å²) in [5.74, 6) is 0.555. The van der Waals surface area contributed by atoms with E-state index in [1.54, 1.807) is 6.08 Å². The number of aryl methyl sites for hydroxylation is 1. The van der Waals surface area contributed by atoms with Gasteiger partial charge in [0.2, 0.25) is 0 Å². The third-order valence-electron chi connectivity index (χ3n) is 5.97. The molecule has 0 bridgehead atoms. The van der Waals surface area contributed by atoms with Crippen molar-refractivity contribution in [2.24, 2.45) is 0 Å². The van der Waals surface area contributed by atoms with Crippen LogP contribution in [0.5, 0.6) is 5.75 Å². The molecule has 2 heterocycles. The van der Waals surface area contributed by atoms with Gasteiger partial charge in [-0.3, -0.25) is 4.90 Å². The van der Waals surface area contributed by atoms with E-state index in [1.807, 2.05) is 6.92 Å². The van der Waals surface area contributed by atoms with Gasteiger partial charge < -0.3 is 18.8 Å². The third kappa shape index (κ3) is 6.06. The number of ether oxygens (including phenoxy) is 2. The van der Waals surface area contributed by atoms with Gasteiger partial charge in [-0.2, -0.15) is 0 Å². The van der Waals surface area contributed by atoms with E-state index >= 15 is 0 Å². The number of morpholine rings is 1. The number of hydrogen-bond acceptors (Lipinski definition) is 6. The number of halogens is 2. The van der Waals surface area contributed by atoms with Crippen molar-refractivity contribution in [2.75, 3.05) is 52.5 Å². The van der Waals surface area contributed by atoms with Crippen molar-refractivity contribution >= 4 is 35.0 Å². The van der Waals surface area contributed by atoms with Crippen molar-refractivity contribution in [3.05, 3.63) is 50.9 Å². The van der Waals surface area contributed by atoms with Crippen molar-refractivity contribution in [2.45, 2.75) is 33.7 Å². The van der Waals surface area contributed by atoms with Crippen LogP contribution in [0.3, 0.4) is 0 Å². The highest BCUT2D eigenvalue weighted by molar-refractivity contribution is 6.36. The smallest absolute Gasteiger partial charge is 0.339 e. The zero-order valence-electron chi connectivity index (χ0n) is 19.2. The Bertz CT molecular complexity index is 967. The van der Waals surface area contributed by atoms with Gasteiger partial charge in [0, 0.05) is 42.7 Å². The topological polar surface area (TPSA) is 55.2 Å². The molecule has 0 aliphatic carbocycles. The fraction of sp³-hybridized carbons (Fsp3) is 0.542. The molecule has 0 N–H and O–H groups in total. The van der Waals surface area contributed by atoms with Crippen LogP contribution in [0.4, 0.5) is 0 Å². The number of likely N-dealkylation sites (N-methyl/N-ethyl adjacent to an activating group) is 1. The number of fused-ring (bicyclic) bond motifs is 1. The predicted molar refractivity (Wildman–Crippen MR) is 133 cm³/mol. The Balaban J connectivity index is 0.00000363. The second-order valence-corrected chi connectivity index (χ2v) is 8.19. The largest absolute Gasteiger partial charge is 0.487 e. The first-order chi connectivity index (χ1) is 15.0. The molecule has 1 aliphatic rings. The summed E-state index contributed by atoms with van der Waals surface area (Å²) in [6.07, 6.45) is 2.33. The highest BCUT2D eigenvalue weighted by atomic mass is 35.5. The lowest BCUT2D eigenvalue weighted by molar-refractivity contribution is 0.0338. The molecule has 0 saturated carbocycles. The molecule has 0 spiro atoms. The predicted octanol–water partition coefficient (Wildman–Crippen LogP) is 4.46. The average molecular weight is 485 g/mol. The lowest BCUT2D eigenvalue weighted by atomic mass is 10.0. The highest BCUT2D eigenvalue weighted by Crippen LogP contribution is 2.38. The van der Waals surface area contributed by atoms with Crippen LogP contribution in [-0.2, 0) is 17.7 Å². The maximum atomic E-state index is 12.8. The summed E-state index contributed by atoms with van der Waals surface area (Å²) in [5, 5.41) is 1.21. The first-order valence-corrected chi connectivity index (χ1v) is 11.4. The van der Waals surface area contributed by atoms with Crippen LogP contribution in [0.2, 0.25) is 5.02 Å². The van der Waals surface area contributed by atoms with Gasteiger partial charge in [-0.15, -0.1) is 12.4 Å². The molecule has 1 fully saturated rings. The van der Waals surface area contributed by atoms with Gasteiger partial charge >= 0.3 is 5.63 Å². The van der Waals surface area contributed by atoms with E-state index in [1.165, 1.54) is 0 Å². The maximum absolute atomic E-state index is 12.8. The van der Waals surface area contributed by atoms with Gasteiger partial charge in [0.25, 0.3) is 0 Å². The summed E-state index contributed by atoms with van der Waals surface area (Å²) < 4.78 is 17.1. The van der Waals surface area contributed by atoms with Crippen molar-refractivity contribution in [1.82, 2.24) is 9.80 Å². The summed E-state index contributed by atoms with van der Waals surface area (Å²) in [4.78, 5) is 17.4. The summed E-state index contributed by atoms with van der Waals surface area (Å²) in [5.41, 5.74) is 2.69. The lowest BCUT2D eigenvalue weighted by Crippen LogP contribution is -2.35. The Labute approximate surface area is 201 Å². The molecule has 1 saturated heterocycles. The first-order valence-electron chi connectivity index (χ1n) is 11.0. The standard InChI is InChI=1S/C24H33ClN2O4.ClH/c1-5-12-30-22-18(16-27-10-13-29-14-11-27)15-20-17(4)19(8-9-26(6-2)7-3)24(28)31-23(20)21(22)25;/h5,15H,1,6-14,16H2,2-4H3;1H. The molecule has 0 unspecified atom stereocenters. The van der Waals surface area contributed by atoms with Gasteiger partial charge in [0.15, 0.2) is 5.58 Å². The molecular weight excluding hydrogens is 451 g/mol. The Morgan fingerprint density at radius 1 is 1.28 bits per heavy atom. The van der Waals surface area contributed by atoms with Gasteiger partial charge in [-0.25, -0.2) is 4.79 Å². The lowest BCUT2D eigenvalue weighted by Gasteiger charge is -2.27. The number of rotatable bonds is 10. The van der Waals surface area contributed by atoms with Crippen molar-refractivity contribution in [3.8, 4) is 5.75 Å². The van der Waals surface area contributed by atoms with E-state index in [2.05, 4.69) is 36.3 Å². The van der Waals surface area contributed by atoms with Crippen molar-refractivity contribution < 1.29 is 13.9 Å². The number of nitrogens with zero attached hydrogens (tertiary/aromatic N) is 2. The van der Waals surface area contributed by atoms with Crippen LogP contribution >= 0.6 is 24.0 Å². The van der Waals surface area contributed by atoms with Gasteiger partial charge in [-0.05, 0) is 38.1 Å². The number of benzene rings is 1. The Morgan fingerprint density at radius 3 is 2.59 bits per heavy atom. The highest BCUT2D eigenvalue weighted by Gasteiger charge is 2.22. The van der Waals surface area contributed by atoms with Crippen molar-refractivity contribution in [1.29, 1.82) is 0 Å². The van der Waals surface area contributed by atoms with E-state index in [-0.39, 0.29) is 18.0 Å². The Kier molecular flexibility index (Phi) is 10.5. The third-order valence-corrected chi connectivity index (χ3v) is 6.31. The molecule has 3 rings (SSSR count). The fourth-order valence-electron chi connectivity index (χ4n) is 4.03. The van der Waals surface area contributed by atoms with Gasteiger partial charge in [0.05, 0.1) is 13.2 Å². The molecule has 1 aliphatic heterocycles. The van der Waals surface area contributed by atoms with Crippen LogP contribution in [-0.4, -0.2) is 62.3 Å². The first kappa shape index (κ1) is 26.7. The molecule has 32 heavy (non-hydrogen) atoms. The van der Waals surface area contributed by atoms with E-state index in [0.29, 0.717) is 54.7 Å². The van der Waals surface area contributed by atoms with E-state index in [0.717, 1.165) is 49.2 Å². The zero-order valence-corrected chi connectivity index (χ0v) is 20.8. The molecular formula is C24H34Cl2N2O4. The molecule has 2 aromatic rings. The van der Waals surface area contributed by atoms with E-state index < -0.39 is 0 Å². The minimum absolute atomic E-state index is 0. The number of hydrogen-bond donors (Lipinski definition) is 0. The summed E-state index contributed by atoms with van der Waals surface area (Å²) in [6, 6.07) is 2.06. The molecule has 1 aromatic heterocycles. The summed E-state index contributed by atoms with van der Waals surface area (Å²) in [6.45, 7) is 16.8. The second-order valence-electron chi connectivity index (χ2n) is 7.81. The molecule has 8 heteroatoms. The maximum Gasteiger partial charge on any atom is 0.339 e. The molecule has 0 amide bonds. The van der Waals surface area contributed by atoms with Crippen LogP contribution in [0.15, 0.2) is 27.9 Å². The quantitative estimate of drug-likeness (QED) is 0.366. The Morgan fingerprint density at radius 2 is 1.97 bits per heavy atom. The Hall–Kier alpha value is -1.57. The fourth-order valence-corrected chi connectivity index (χ4v) is 4.35. The summed E-state index contributed by atoms with van der Waals surface area (Å²) in [7, 11) is 0. The SMILES string of the molecule is C=CCOc1c(CN2CCOCC2)cc2c(C)c(CCN(CC)CC)c(=O)oc2c1Cl.Cl. The van der Waals surface area contributed by atoms with Crippen molar-refractivity contribution in [3.63, 3.8) is 0 Å². The van der Waals surface area contributed by atoms with Gasteiger partial charge in [-0.1, -0.05) is 38.1 Å². The monoisotopic (exact) mass is 484 g/mol. The second kappa shape index (κ2) is 12.6. The van der Waals surface area contributed by atoms with Crippen LogP contribution < -0.4 is 10.4 Å². The molecule has 6 nitrogen and oxygen atoms in total. The summed E-state index contributed by atoms with van der Waals surface area (Å²) >= 11 is 6.73. The molecule has 0 radical (unpaired) electrons. The molecule has 0 atom stereocenters. The minimum Gasteiger partial charge on any atom is -0.487 e.